The van der Waals surface area contributed by atoms with Crippen molar-refractivity contribution in [1.29, 1.82) is 0 Å². The zero-order chi connectivity index (χ0) is 12.8. The molecule has 94 valence electrons. The lowest BCUT2D eigenvalue weighted by molar-refractivity contribution is 0.624. The molecule has 0 atom stereocenters. The van der Waals surface area contributed by atoms with Crippen molar-refractivity contribution < 1.29 is 4.39 Å². The highest BCUT2D eigenvalue weighted by molar-refractivity contribution is 5.27. The summed E-state index contributed by atoms with van der Waals surface area (Å²) in [5.41, 5.74) is 3.82. The van der Waals surface area contributed by atoms with Crippen LogP contribution < -0.4 is 5.32 Å². The van der Waals surface area contributed by atoms with Gasteiger partial charge in [0.05, 0.1) is 0 Å². The fourth-order valence-electron chi connectivity index (χ4n) is 2.02. The molecular formula is C16H18FN. The van der Waals surface area contributed by atoms with Gasteiger partial charge in [-0.3, -0.25) is 0 Å². The van der Waals surface area contributed by atoms with Gasteiger partial charge in [-0.05, 0) is 35.2 Å². The van der Waals surface area contributed by atoms with E-state index in [-0.39, 0.29) is 5.82 Å². The number of benzene rings is 2. The SMILES string of the molecule is CCc1ccccc1CNCc1ccc(F)cc1. The Balaban J connectivity index is 1.90. The second-order valence-corrected chi connectivity index (χ2v) is 4.35. The largest absolute Gasteiger partial charge is 0.309 e. The molecular weight excluding hydrogens is 225 g/mol. The van der Waals surface area contributed by atoms with E-state index in [4.69, 9.17) is 0 Å². The van der Waals surface area contributed by atoms with Crippen molar-refractivity contribution in [3.63, 3.8) is 0 Å². The van der Waals surface area contributed by atoms with Crippen molar-refractivity contribution in [2.24, 2.45) is 0 Å². The molecule has 0 saturated heterocycles. The van der Waals surface area contributed by atoms with Gasteiger partial charge < -0.3 is 5.32 Å². The Hall–Kier alpha value is -1.67. The van der Waals surface area contributed by atoms with E-state index in [0.717, 1.165) is 25.1 Å². The van der Waals surface area contributed by atoms with Crippen molar-refractivity contribution in [3.05, 3.63) is 71.0 Å². The Morgan fingerprint density at radius 2 is 1.56 bits per heavy atom. The molecule has 0 bridgehead atoms. The third-order valence-electron chi connectivity index (χ3n) is 3.06. The fraction of sp³-hybridized carbons (Fsp3) is 0.250. The average molecular weight is 243 g/mol. The minimum absolute atomic E-state index is 0.185. The van der Waals surface area contributed by atoms with E-state index in [1.807, 2.05) is 12.1 Å². The summed E-state index contributed by atoms with van der Waals surface area (Å²) >= 11 is 0. The zero-order valence-electron chi connectivity index (χ0n) is 10.6. The number of aryl methyl sites for hydroxylation is 1. The lowest BCUT2D eigenvalue weighted by Gasteiger charge is -2.09. The Morgan fingerprint density at radius 3 is 2.22 bits per heavy atom. The first-order chi connectivity index (χ1) is 8.79. The van der Waals surface area contributed by atoms with Gasteiger partial charge >= 0.3 is 0 Å². The predicted octanol–water partition coefficient (Wildman–Crippen LogP) is 3.68. The first-order valence-corrected chi connectivity index (χ1v) is 6.31. The maximum atomic E-state index is 12.8. The first kappa shape index (κ1) is 12.8. The Morgan fingerprint density at radius 1 is 0.889 bits per heavy atom. The second-order valence-electron chi connectivity index (χ2n) is 4.35. The van der Waals surface area contributed by atoms with Crippen molar-refractivity contribution in [1.82, 2.24) is 5.32 Å². The van der Waals surface area contributed by atoms with E-state index >= 15 is 0 Å². The summed E-state index contributed by atoms with van der Waals surface area (Å²) in [7, 11) is 0. The topological polar surface area (TPSA) is 12.0 Å². The molecule has 2 aromatic carbocycles. The molecule has 0 saturated carbocycles. The first-order valence-electron chi connectivity index (χ1n) is 6.31. The molecule has 2 heteroatoms. The number of halogens is 1. The highest BCUT2D eigenvalue weighted by Crippen LogP contribution is 2.09. The monoisotopic (exact) mass is 243 g/mol. The van der Waals surface area contributed by atoms with Gasteiger partial charge in [-0.25, -0.2) is 4.39 Å². The van der Waals surface area contributed by atoms with E-state index in [1.165, 1.54) is 23.3 Å². The summed E-state index contributed by atoms with van der Waals surface area (Å²) in [4.78, 5) is 0. The van der Waals surface area contributed by atoms with Crippen LogP contribution in [0.1, 0.15) is 23.6 Å². The number of hydrogen-bond donors (Lipinski definition) is 1. The van der Waals surface area contributed by atoms with Crippen molar-refractivity contribution in [2.75, 3.05) is 0 Å². The zero-order valence-corrected chi connectivity index (χ0v) is 10.6. The average Bonchev–Trinajstić information content (AvgIpc) is 2.41. The van der Waals surface area contributed by atoms with Gasteiger partial charge in [-0.15, -0.1) is 0 Å². The normalized spacial score (nSPS) is 10.6. The molecule has 0 aromatic heterocycles. The minimum atomic E-state index is -0.185. The molecule has 2 rings (SSSR count). The second kappa shape index (κ2) is 6.31. The van der Waals surface area contributed by atoms with Gasteiger partial charge in [0.1, 0.15) is 5.82 Å². The van der Waals surface area contributed by atoms with E-state index < -0.39 is 0 Å². The number of nitrogens with one attached hydrogen (secondary N) is 1. The maximum absolute atomic E-state index is 12.8. The van der Waals surface area contributed by atoms with Crippen LogP contribution in [0.2, 0.25) is 0 Å². The third kappa shape index (κ3) is 3.41. The van der Waals surface area contributed by atoms with Crippen molar-refractivity contribution in [3.8, 4) is 0 Å². The lowest BCUT2D eigenvalue weighted by atomic mass is 10.1. The summed E-state index contributed by atoms with van der Waals surface area (Å²) in [6, 6.07) is 15.1. The maximum Gasteiger partial charge on any atom is 0.123 e. The highest BCUT2D eigenvalue weighted by Gasteiger charge is 1.99. The Kier molecular flexibility index (Phi) is 4.48. The Labute approximate surface area is 108 Å². The van der Waals surface area contributed by atoms with Crippen LogP contribution in [-0.2, 0) is 19.5 Å². The minimum Gasteiger partial charge on any atom is -0.309 e. The van der Waals surface area contributed by atoms with E-state index in [9.17, 15) is 4.39 Å². The summed E-state index contributed by atoms with van der Waals surface area (Å²) in [6.45, 7) is 3.78. The lowest BCUT2D eigenvalue weighted by Crippen LogP contribution is -2.13. The van der Waals surface area contributed by atoms with E-state index in [0.29, 0.717) is 0 Å². The van der Waals surface area contributed by atoms with Crippen LogP contribution >= 0.6 is 0 Å². The van der Waals surface area contributed by atoms with Crippen LogP contribution in [0.25, 0.3) is 0 Å². The fourth-order valence-corrected chi connectivity index (χ4v) is 2.02. The molecule has 0 heterocycles. The van der Waals surface area contributed by atoms with Gasteiger partial charge in [0.15, 0.2) is 0 Å². The van der Waals surface area contributed by atoms with E-state index in [1.54, 1.807) is 0 Å². The van der Waals surface area contributed by atoms with Crippen LogP contribution in [0.15, 0.2) is 48.5 Å². The van der Waals surface area contributed by atoms with Crippen LogP contribution in [0.3, 0.4) is 0 Å². The van der Waals surface area contributed by atoms with Gasteiger partial charge in [-0.2, -0.15) is 0 Å². The summed E-state index contributed by atoms with van der Waals surface area (Å²) in [5.74, 6) is -0.185. The molecule has 0 amide bonds. The van der Waals surface area contributed by atoms with Gasteiger partial charge in [0, 0.05) is 13.1 Å². The van der Waals surface area contributed by atoms with E-state index in [2.05, 4.69) is 36.5 Å². The van der Waals surface area contributed by atoms with Crippen LogP contribution in [-0.4, -0.2) is 0 Å². The number of rotatable bonds is 5. The van der Waals surface area contributed by atoms with Crippen molar-refractivity contribution in [2.45, 2.75) is 26.4 Å². The molecule has 1 N–H and O–H groups in total. The van der Waals surface area contributed by atoms with Crippen LogP contribution in [0.4, 0.5) is 4.39 Å². The smallest absolute Gasteiger partial charge is 0.123 e. The molecule has 0 aliphatic heterocycles. The molecule has 0 aliphatic rings. The highest BCUT2D eigenvalue weighted by atomic mass is 19.1. The molecule has 18 heavy (non-hydrogen) atoms. The molecule has 0 radical (unpaired) electrons. The molecule has 0 aliphatic carbocycles. The van der Waals surface area contributed by atoms with Gasteiger partial charge in [0.2, 0.25) is 0 Å². The summed E-state index contributed by atoms with van der Waals surface area (Å²) in [5, 5.41) is 3.39. The summed E-state index contributed by atoms with van der Waals surface area (Å²) < 4.78 is 12.8. The predicted molar refractivity (Wildman–Crippen MR) is 72.8 cm³/mol. The quantitative estimate of drug-likeness (QED) is 0.844. The molecule has 0 fully saturated rings. The third-order valence-corrected chi connectivity index (χ3v) is 3.06. The molecule has 1 nitrogen and oxygen atoms in total. The molecule has 0 unspecified atom stereocenters. The summed E-state index contributed by atoms with van der Waals surface area (Å²) in [6.07, 6.45) is 1.05. The molecule has 2 aromatic rings. The Bertz CT molecular complexity index is 491. The van der Waals surface area contributed by atoms with Crippen LogP contribution in [0, 0.1) is 5.82 Å². The van der Waals surface area contributed by atoms with Crippen LogP contribution in [0.5, 0.6) is 0 Å². The van der Waals surface area contributed by atoms with Gasteiger partial charge in [-0.1, -0.05) is 43.3 Å². The van der Waals surface area contributed by atoms with Gasteiger partial charge in [0.25, 0.3) is 0 Å². The van der Waals surface area contributed by atoms with Crippen molar-refractivity contribution >= 4 is 0 Å². The molecule has 0 spiro atoms. The standard InChI is InChI=1S/C16H18FN/c1-2-14-5-3-4-6-15(14)12-18-11-13-7-9-16(17)10-8-13/h3-10,18H,2,11-12H2,1H3. The number of hydrogen-bond acceptors (Lipinski definition) is 1.